The minimum atomic E-state index is -2.88. The average Bonchev–Trinajstić information content (AvgIpc) is 2.24. The van der Waals surface area contributed by atoms with E-state index in [1.165, 1.54) is 27.5 Å². The number of hydrogen-bond acceptors (Lipinski definition) is 3. The summed E-state index contributed by atoms with van der Waals surface area (Å²) in [4.78, 5) is 25.2. The lowest BCUT2D eigenvalue weighted by molar-refractivity contribution is -0.178. The number of amides is 1. The van der Waals surface area contributed by atoms with Crippen molar-refractivity contribution in [2.75, 3.05) is 0 Å². The molecule has 3 fully saturated rings. The van der Waals surface area contributed by atoms with Gasteiger partial charge in [0.2, 0.25) is 3.79 Å². The van der Waals surface area contributed by atoms with Crippen LogP contribution in [0.4, 0.5) is 13.6 Å². The highest BCUT2D eigenvalue weighted by Crippen LogP contribution is 2.49. The summed E-state index contributed by atoms with van der Waals surface area (Å²) < 4.78 is 32.7. The first-order valence-corrected chi connectivity index (χ1v) is 7.69. The molecule has 0 unspecified atom stereocenters. The predicted molar refractivity (Wildman–Crippen MR) is 77.0 cm³/mol. The minimum absolute atomic E-state index is 0.274. The van der Waals surface area contributed by atoms with E-state index in [4.69, 9.17) is 4.74 Å². The van der Waals surface area contributed by atoms with E-state index in [0.29, 0.717) is 6.42 Å². The fourth-order valence-corrected chi connectivity index (χ4v) is 3.78. The maximum absolute atomic E-state index is 14.0. The zero-order valence-electron chi connectivity index (χ0n) is 11.7. The SMILES string of the molecule is CC(C)(C)OC(=O)N1[C@H]2CC[C@@H]([C@H]1C(=O)I)C(F)(F)C2. The Balaban J connectivity index is 2.28. The van der Waals surface area contributed by atoms with Gasteiger partial charge in [0, 0.05) is 35.1 Å². The molecule has 0 spiro atoms. The van der Waals surface area contributed by atoms with Crippen LogP contribution in [0.25, 0.3) is 0 Å². The van der Waals surface area contributed by atoms with E-state index >= 15 is 0 Å². The fraction of sp³-hybridized carbons (Fsp3) is 0.846. The zero-order chi connectivity index (χ0) is 15.3. The number of halogens is 3. The van der Waals surface area contributed by atoms with Gasteiger partial charge in [-0.25, -0.2) is 13.6 Å². The zero-order valence-corrected chi connectivity index (χ0v) is 13.8. The van der Waals surface area contributed by atoms with Crippen LogP contribution in [0.5, 0.6) is 0 Å². The largest absolute Gasteiger partial charge is 0.444 e. The second-order valence-electron chi connectivity index (χ2n) is 6.44. The molecule has 0 aromatic carbocycles. The third-order valence-electron chi connectivity index (χ3n) is 3.77. The molecule has 2 aliphatic heterocycles. The minimum Gasteiger partial charge on any atom is -0.444 e. The van der Waals surface area contributed by atoms with E-state index in [-0.39, 0.29) is 12.8 Å². The van der Waals surface area contributed by atoms with Crippen LogP contribution in [0.2, 0.25) is 0 Å². The summed E-state index contributed by atoms with van der Waals surface area (Å²) in [6.45, 7) is 5.13. The van der Waals surface area contributed by atoms with Gasteiger partial charge >= 0.3 is 6.09 Å². The molecule has 3 atom stereocenters. The second kappa shape index (κ2) is 5.06. The van der Waals surface area contributed by atoms with Gasteiger partial charge in [-0.15, -0.1) is 0 Å². The van der Waals surface area contributed by atoms with E-state index in [2.05, 4.69) is 0 Å². The molecule has 3 rings (SSSR count). The normalized spacial score (nSPS) is 32.1. The first-order valence-electron chi connectivity index (χ1n) is 6.61. The van der Waals surface area contributed by atoms with E-state index in [0.717, 1.165) is 0 Å². The van der Waals surface area contributed by atoms with Crippen molar-refractivity contribution in [2.45, 2.75) is 63.6 Å². The van der Waals surface area contributed by atoms with Gasteiger partial charge in [-0.3, -0.25) is 9.69 Å². The van der Waals surface area contributed by atoms with Gasteiger partial charge in [0.1, 0.15) is 11.6 Å². The van der Waals surface area contributed by atoms with Crippen LogP contribution in [0.3, 0.4) is 0 Å². The highest BCUT2D eigenvalue weighted by Gasteiger charge is 2.60. The van der Waals surface area contributed by atoms with Crippen molar-refractivity contribution in [1.82, 2.24) is 4.90 Å². The van der Waals surface area contributed by atoms with Gasteiger partial charge in [0.25, 0.3) is 5.92 Å². The van der Waals surface area contributed by atoms with Gasteiger partial charge in [-0.05, 0) is 33.6 Å². The van der Waals surface area contributed by atoms with Crippen LogP contribution >= 0.6 is 22.6 Å². The summed E-state index contributed by atoms with van der Waals surface area (Å²) in [7, 11) is 0. The molecule has 7 heteroatoms. The summed E-state index contributed by atoms with van der Waals surface area (Å²) in [6.07, 6.45) is -0.272. The Labute approximate surface area is 130 Å². The first kappa shape index (κ1) is 15.9. The van der Waals surface area contributed by atoms with Crippen molar-refractivity contribution < 1.29 is 23.1 Å². The highest BCUT2D eigenvalue weighted by atomic mass is 127. The third kappa shape index (κ3) is 2.92. The molecule has 20 heavy (non-hydrogen) atoms. The van der Waals surface area contributed by atoms with Gasteiger partial charge in [-0.2, -0.15) is 0 Å². The Morgan fingerprint density at radius 2 is 1.90 bits per heavy atom. The molecule has 0 aromatic heterocycles. The summed E-state index contributed by atoms with van der Waals surface area (Å²) >= 11 is 1.50. The van der Waals surface area contributed by atoms with Crippen molar-refractivity contribution in [3.8, 4) is 0 Å². The molecule has 2 saturated heterocycles. The molecular formula is C13H18F2INO3. The second-order valence-corrected chi connectivity index (χ2v) is 7.50. The van der Waals surface area contributed by atoms with Crippen molar-refractivity contribution in [3.63, 3.8) is 0 Å². The number of piperidine rings is 2. The lowest BCUT2D eigenvalue weighted by Crippen LogP contribution is -2.66. The van der Waals surface area contributed by atoms with Crippen LogP contribution in [-0.2, 0) is 9.53 Å². The summed E-state index contributed by atoms with van der Waals surface area (Å²) in [6, 6.07) is -1.69. The lowest BCUT2D eigenvalue weighted by Gasteiger charge is -2.52. The molecule has 2 heterocycles. The number of carbonyl (C=O) groups excluding carboxylic acids is 2. The molecule has 4 nitrogen and oxygen atoms in total. The number of carbonyl (C=O) groups is 2. The van der Waals surface area contributed by atoms with E-state index in [1.807, 2.05) is 0 Å². The summed E-state index contributed by atoms with van der Waals surface area (Å²) in [5.74, 6) is -3.98. The Kier molecular flexibility index (Phi) is 4.03. The molecule has 1 aliphatic carbocycles. The summed E-state index contributed by atoms with van der Waals surface area (Å²) in [5, 5.41) is 0. The Morgan fingerprint density at radius 3 is 2.35 bits per heavy atom. The standard InChI is InChI=1S/C13H18F2INO3/c1-12(2,3)20-11(19)17-7-4-5-8(9(17)10(16)18)13(14,15)6-7/h7-9H,4-6H2,1-3H3/t7-,8-,9-/m0/s1. The van der Waals surface area contributed by atoms with Gasteiger partial charge in [0.05, 0.1) is 5.92 Å². The third-order valence-corrected chi connectivity index (χ3v) is 4.41. The van der Waals surface area contributed by atoms with E-state index < -0.39 is 39.4 Å². The van der Waals surface area contributed by atoms with E-state index in [1.54, 1.807) is 20.8 Å². The van der Waals surface area contributed by atoms with Crippen molar-refractivity contribution in [2.24, 2.45) is 5.92 Å². The number of ether oxygens (including phenoxy) is 1. The average molecular weight is 401 g/mol. The molecular weight excluding hydrogens is 383 g/mol. The first-order chi connectivity index (χ1) is 9.03. The number of alkyl halides is 2. The van der Waals surface area contributed by atoms with E-state index in [9.17, 15) is 18.4 Å². The lowest BCUT2D eigenvalue weighted by atomic mass is 9.72. The predicted octanol–water partition coefficient (Wildman–Crippen LogP) is 3.37. The van der Waals surface area contributed by atoms with Gasteiger partial charge < -0.3 is 4.74 Å². The topological polar surface area (TPSA) is 46.6 Å². The number of rotatable bonds is 1. The maximum atomic E-state index is 14.0. The molecule has 0 aromatic rings. The maximum Gasteiger partial charge on any atom is 0.411 e. The van der Waals surface area contributed by atoms with Crippen molar-refractivity contribution >= 4 is 32.5 Å². The van der Waals surface area contributed by atoms with Gasteiger partial charge in [0.15, 0.2) is 0 Å². The fourth-order valence-electron chi connectivity index (χ4n) is 3.04. The van der Waals surface area contributed by atoms with Crippen LogP contribution in [0.1, 0.15) is 40.0 Å². The molecule has 114 valence electrons. The molecule has 3 aliphatic rings. The molecule has 1 amide bonds. The van der Waals surface area contributed by atoms with Crippen molar-refractivity contribution in [3.05, 3.63) is 0 Å². The van der Waals surface area contributed by atoms with Crippen LogP contribution in [-0.4, -0.2) is 38.4 Å². The van der Waals surface area contributed by atoms with Crippen LogP contribution < -0.4 is 0 Å². The Bertz CT molecular complexity index is 436. The van der Waals surface area contributed by atoms with Crippen LogP contribution in [0.15, 0.2) is 0 Å². The monoisotopic (exact) mass is 401 g/mol. The summed E-state index contributed by atoms with van der Waals surface area (Å²) in [5.41, 5.74) is -0.713. The Morgan fingerprint density at radius 1 is 1.30 bits per heavy atom. The van der Waals surface area contributed by atoms with Crippen LogP contribution in [0, 0.1) is 5.92 Å². The smallest absolute Gasteiger partial charge is 0.411 e. The molecule has 1 saturated carbocycles. The quantitative estimate of drug-likeness (QED) is 0.500. The number of hydrogen-bond donors (Lipinski definition) is 0. The molecule has 2 bridgehead atoms. The highest BCUT2D eigenvalue weighted by molar-refractivity contribution is 14.1. The number of fused-ring (bicyclic) bond motifs is 3. The van der Waals surface area contributed by atoms with Gasteiger partial charge in [-0.1, -0.05) is 0 Å². The molecule has 0 N–H and O–H groups in total. The van der Waals surface area contributed by atoms with Crippen molar-refractivity contribution in [1.29, 1.82) is 0 Å². The number of nitrogens with zero attached hydrogens (tertiary/aromatic N) is 1. The molecule has 0 radical (unpaired) electrons. The Hall–Kier alpha value is -0.470.